The monoisotopic (exact) mass is 358 g/mol. The number of rotatable bonds is 5. The minimum Gasteiger partial charge on any atom is -0.480 e. The molecule has 0 unspecified atom stereocenters. The molecule has 0 atom stereocenters. The van der Waals surface area contributed by atoms with E-state index in [9.17, 15) is 14.7 Å². The van der Waals surface area contributed by atoms with Crippen molar-refractivity contribution in [2.24, 2.45) is 0 Å². The van der Waals surface area contributed by atoms with Crippen LogP contribution in [0.4, 0.5) is 0 Å². The predicted molar refractivity (Wildman–Crippen MR) is 80.3 cm³/mol. The van der Waals surface area contributed by atoms with Gasteiger partial charge in [0.15, 0.2) is 0 Å². The molecule has 1 amide bonds. The second kappa shape index (κ2) is 6.62. The molecule has 1 saturated heterocycles. The van der Waals surface area contributed by atoms with Crippen LogP contribution in [0.25, 0.3) is 0 Å². The lowest BCUT2D eigenvalue weighted by Gasteiger charge is -2.33. The van der Waals surface area contributed by atoms with Crippen molar-refractivity contribution in [3.8, 4) is 0 Å². The smallest absolute Gasteiger partial charge is 0.329 e. The number of aromatic nitrogens is 1. The number of halogens is 1. The van der Waals surface area contributed by atoms with E-state index in [4.69, 9.17) is 4.74 Å². The zero-order valence-corrected chi connectivity index (χ0v) is 13.5. The number of aliphatic carboxylic acids is 1. The second-order valence-corrected chi connectivity index (χ2v) is 6.11. The molecule has 6 nitrogen and oxygen atoms in total. The van der Waals surface area contributed by atoms with Gasteiger partial charge in [0.1, 0.15) is 11.2 Å². The molecular weight excluding hydrogens is 340 g/mol. The average Bonchev–Trinajstić information content (AvgIpc) is 2.81. The molecule has 0 spiro atoms. The van der Waals surface area contributed by atoms with E-state index in [0.29, 0.717) is 25.5 Å². The van der Waals surface area contributed by atoms with Crippen LogP contribution in [0.3, 0.4) is 0 Å². The van der Waals surface area contributed by atoms with Crippen LogP contribution in [0.2, 0.25) is 0 Å². The third-order valence-electron chi connectivity index (χ3n) is 3.67. The molecule has 1 aromatic heterocycles. The lowest BCUT2D eigenvalue weighted by molar-refractivity contribution is -0.148. The molecule has 0 aliphatic carbocycles. The fourth-order valence-electron chi connectivity index (χ4n) is 2.48. The van der Waals surface area contributed by atoms with Gasteiger partial charge in [-0.1, -0.05) is 6.92 Å². The van der Waals surface area contributed by atoms with Gasteiger partial charge in [0, 0.05) is 43.3 Å². The molecule has 0 aromatic carbocycles. The molecule has 0 bridgehead atoms. The Balaban J connectivity index is 2.21. The molecule has 0 saturated carbocycles. The molecule has 21 heavy (non-hydrogen) atoms. The van der Waals surface area contributed by atoms with Crippen LogP contribution < -0.4 is 5.32 Å². The largest absolute Gasteiger partial charge is 0.480 e. The molecule has 2 N–H and O–H groups in total. The summed E-state index contributed by atoms with van der Waals surface area (Å²) in [6.45, 7) is 3.41. The van der Waals surface area contributed by atoms with Crippen LogP contribution in [-0.2, 0) is 16.1 Å². The molecule has 0 radical (unpaired) electrons. The second-order valence-electron chi connectivity index (χ2n) is 5.19. The van der Waals surface area contributed by atoms with Gasteiger partial charge in [-0.15, -0.1) is 0 Å². The zero-order chi connectivity index (χ0) is 15.5. The lowest BCUT2D eigenvalue weighted by atomic mass is 9.90. The highest BCUT2D eigenvalue weighted by molar-refractivity contribution is 9.10. The molecule has 1 aliphatic heterocycles. The van der Waals surface area contributed by atoms with Crippen LogP contribution in [-0.4, -0.2) is 40.3 Å². The first-order chi connectivity index (χ1) is 9.98. The van der Waals surface area contributed by atoms with Crippen LogP contribution in [0.5, 0.6) is 0 Å². The van der Waals surface area contributed by atoms with Crippen LogP contribution >= 0.6 is 15.9 Å². The highest BCUT2D eigenvalue weighted by atomic mass is 79.9. The maximum atomic E-state index is 12.5. The van der Waals surface area contributed by atoms with Crippen molar-refractivity contribution in [1.29, 1.82) is 0 Å². The summed E-state index contributed by atoms with van der Waals surface area (Å²) >= 11 is 3.35. The molecule has 7 heteroatoms. The number of carboxylic acids is 1. The Kier molecular flexibility index (Phi) is 5.05. The Morgan fingerprint density at radius 1 is 1.48 bits per heavy atom. The summed E-state index contributed by atoms with van der Waals surface area (Å²) in [4.78, 5) is 24.0. The zero-order valence-electron chi connectivity index (χ0n) is 11.9. The van der Waals surface area contributed by atoms with Gasteiger partial charge in [0.2, 0.25) is 0 Å². The maximum absolute atomic E-state index is 12.5. The first-order valence-electron chi connectivity index (χ1n) is 6.98. The van der Waals surface area contributed by atoms with Crippen LogP contribution in [0.1, 0.15) is 36.7 Å². The Labute approximate surface area is 131 Å². The van der Waals surface area contributed by atoms with Crippen LogP contribution in [0, 0.1) is 0 Å². The number of nitrogens with one attached hydrogen (secondary N) is 1. The third kappa shape index (κ3) is 3.47. The standard InChI is InChI=1S/C14H19BrN2O4/c1-2-5-17-9-10(15)8-11(17)12(18)16-14(13(19)20)3-6-21-7-4-14/h8-9H,2-7H2,1H3,(H,16,18)(H,19,20). The first kappa shape index (κ1) is 16.0. The molecule has 116 valence electrons. The number of carboxylic acid groups (broad SMARTS) is 1. The van der Waals surface area contributed by atoms with Crippen molar-refractivity contribution in [2.45, 2.75) is 38.3 Å². The number of carbonyl (C=O) groups is 2. The normalized spacial score (nSPS) is 17.4. The van der Waals surface area contributed by atoms with Gasteiger partial charge in [0.05, 0.1) is 0 Å². The summed E-state index contributed by atoms with van der Waals surface area (Å²) in [6.07, 6.45) is 3.28. The molecule has 2 rings (SSSR count). The highest BCUT2D eigenvalue weighted by Gasteiger charge is 2.42. The fraction of sp³-hybridized carbons (Fsp3) is 0.571. The molecule has 1 fully saturated rings. The number of nitrogens with zero attached hydrogens (tertiary/aromatic N) is 1. The van der Waals surface area contributed by atoms with Gasteiger partial charge in [-0.3, -0.25) is 4.79 Å². The van der Waals surface area contributed by atoms with Gasteiger partial charge in [0.25, 0.3) is 5.91 Å². The van der Waals surface area contributed by atoms with E-state index < -0.39 is 11.5 Å². The van der Waals surface area contributed by atoms with Crippen molar-refractivity contribution in [1.82, 2.24) is 9.88 Å². The minimum atomic E-state index is -1.23. The number of carbonyl (C=O) groups excluding carboxylic acids is 1. The molecular formula is C14H19BrN2O4. The quantitative estimate of drug-likeness (QED) is 0.843. The average molecular weight is 359 g/mol. The van der Waals surface area contributed by atoms with E-state index in [2.05, 4.69) is 21.2 Å². The summed E-state index contributed by atoms with van der Waals surface area (Å²) in [5.41, 5.74) is -0.765. The Hall–Kier alpha value is -1.34. The molecule has 1 aliphatic rings. The number of ether oxygens (including phenoxy) is 1. The lowest BCUT2D eigenvalue weighted by Crippen LogP contribution is -2.57. The van der Waals surface area contributed by atoms with Gasteiger partial charge >= 0.3 is 5.97 Å². The van der Waals surface area contributed by atoms with Crippen molar-refractivity contribution >= 4 is 27.8 Å². The Morgan fingerprint density at radius 2 is 2.14 bits per heavy atom. The summed E-state index contributed by atoms with van der Waals surface area (Å²) in [5.74, 6) is -1.37. The van der Waals surface area contributed by atoms with Crippen molar-refractivity contribution in [3.63, 3.8) is 0 Å². The summed E-state index contributed by atoms with van der Waals surface area (Å²) in [6, 6.07) is 1.71. The third-order valence-corrected chi connectivity index (χ3v) is 4.10. The summed E-state index contributed by atoms with van der Waals surface area (Å²) in [5, 5.41) is 12.2. The summed E-state index contributed by atoms with van der Waals surface area (Å²) in [7, 11) is 0. The molecule has 1 aromatic rings. The highest BCUT2D eigenvalue weighted by Crippen LogP contribution is 2.23. The number of amides is 1. The van der Waals surface area contributed by atoms with Gasteiger partial charge in [-0.05, 0) is 28.4 Å². The minimum absolute atomic E-state index is 0.281. The Morgan fingerprint density at radius 3 is 2.71 bits per heavy atom. The SMILES string of the molecule is CCCn1cc(Br)cc1C(=O)NC1(C(=O)O)CCOCC1. The van der Waals surface area contributed by atoms with Crippen molar-refractivity contribution in [3.05, 3.63) is 22.4 Å². The van der Waals surface area contributed by atoms with Crippen LogP contribution in [0.15, 0.2) is 16.7 Å². The number of hydrogen-bond acceptors (Lipinski definition) is 3. The van der Waals surface area contributed by atoms with Crippen molar-refractivity contribution < 1.29 is 19.4 Å². The number of aryl methyl sites for hydroxylation is 1. The van der Waals surface area contributed by atoms with E-state index >= 15 is 0 Å². The first-order valence-corrected chi connectivity index (χ1v) is 7.77. The van der Waals surface area contributed by atoms with Gasteiger partial charge in [-0.25, -0.2) is 4.79 Å². The summed E-state index contributed by atoms with van der Waals surface area (Å²) < 4.78 is 7.83. The maximum Gasteiger partial charge on any atom is 0.329 e. The van der Waals surface area contributed by atoms with Gasteiger partial charge in [-0.2, -0.15) is 0 Å². The van der Waals surface area contributed by atoms with E-state index in [1.165, 1.54) is 0 Å². The molecule has 2 heterocycles. The van der Waals surface area contributed by atoms with E-state index in [0.717, 1.165) is 10.9 Å². The predicted octanol–water partition coefficient (Wildman–Crippen LogP) is 2.02. The fourth-order valence-corrected chi connectivity index (χ4v) is 2.95. The topological polar surface area (TPSA) is 80.6 Å². The number of hydrogen-bond donors (Lipinski definition) is 2. The van der Waals surface area contributed by atoms with E-state index in [1.54, 1.807) is 6.07 Å². The Bertz CT molecular complexity index is 535. The van der Waals surface area contributed by atoms with Crippen molar-refractivity contribution in [2.75, 3.05) is 13.2 Å². The van der Waals surface area contributed by atoms with Gasteiger partial charge < -0.3 is 19.7 Å². The van der Waals surface area contributed by atoms with E-state index in [1.807, 2.05) is 17.7 Å². The van der Waals surface area contributed by atoms with E-state index in [-0.39, 0.29) is 18.7 Å².